The van der Waals surface area contributed by atoms with Gasteiger partial charge in [-0.3, -0.25) is 4.79 Å². The van der Waals surface area contributed by atoms with E-state index in [9.17, 15) is 10.1 Å². The number of aromatic nitrogens is 2. The molecule has 2 aromatic carbocycles. The van der Waals surface area contributed by atoms with Crippen LogP contribution in [0.5, 0.6) is 0 Å². The third kappa shape index (κ3) is 4.59. The normalized spacial score (nSPS) is 11.4. The van der Waals surface area contributed by atoms with Gasteiger partial charge in [-0.1, -0.05) is 28.1 Å². The molecule has 142 valence electrons. The third-order valence-corrected chi connectivity index (χ3v) is 5.26. The molecule has 4 aromatic rings. The molecule has 8 heteroatoms. The van der Waals surface area contributed by atoms with Crippen LogP contribution in [-0.4, -0.2) is 15.9 Å². The summed E-state index contributed by atoms with van der Waals surface area (Å²) in [6.07, 6.45) is 1.41. The number of halogens is 1. The molecule has 2 heterocycles. The van der Waals surface area contributed by atoms with Gasteiger partial charge in [0.1, 0.15) is 17.4 Å². The predicted molar refractivity (Wildman–Crippen MR) is 115 cm³/mol. The molecule has 2 aromatic heterocycles. The first-order chi connectivity index (χ1) is 14.1. The standard InChI is InChI=1S/C21H13BrN4O2S/c22-14-5-7-15(8-6-14)24-20(27)13(12-23)11-16-9-10-19(28-16)29-21-25-17-3-1-2-4-18(17)26-21/h1-11H,(H,24,27)(H,25,26)/b13-11-. The molecule has 0 saturated heterocycles. The number of benzene rings is 2. The zero-order valence-corrected chi connectivity index (χ0v) is 17.3. The fourth-order valence-corrected chi connectivity index (χ4v) is 3.60. The van der Waals surface area contributed by atoms with Crippen molar-refractivity contribution in [3.8, 4) is 6.07 Å². The van der Waals surface area contributed by atoms with Crippen LogP contribution in [-0.2, 0) is 4.79 Å². The third-order valence-electron chi connectivity index (χ3n) is 3.92. The maximum Gasteiger partial charge on any atom is 0.266 e. The second-order valence-electron chi connectivity index (χ2n) is 5.95. The largest absolute Gasteiger partial charge is 0.450 e. The van der Waals surface area contributed by atoms with E-state index in [0.717, 1.165) is 15.5 Å². The second kappa shape index (κ2) is 8.39. The van der Waals surface area contributed by atoms with Gasteiger partial charge in [0.05, 0.1) is 11.0 Å². The first-order valence-corrected chi connectivity index (χ1v) is 10.1. The number of anilines is 1. The van der Waals surface area contributed by atoms with Crippen molar-refractivity contribution in [2.75, 3.05) is 5.32 Å². The van der Waals surface area contributed by atoms with Crippen LogP contribution in [0, 0.1) is 11.3 Å². The Bertz CT molecular complexity index is 1220. The molecule has 0 aliphatic rings. The number of para-hydroxylation sites is 2. The van der Waals surface area contributed by atoms with Crippen LogP contribution in [0.15, 0.2) is 85.4 Å². The van der Waals surface area contributed by atoms with Gasteiger partial charge in [-0.05, 0) is 60.3 Å². The van der Waals surface area contributed by atoms with Gasteiger partial charge < -0.3 is 14.7 Å². The highest BCUT2D eigenvalue weighted by Gasteiger charge is 2.12. The molecule has 6 nitrogen and oxygen atoms in total. The minimum Gasteiger partial charge on any atom is -0.450 e. The number of rotatable bonds is 5. The zero-order valence-electron chi connectivity index (χ0n) is 14.8. The lowest BCUT2D eigenvalue weighted by atomic mass is 10.2. The van der Waals surface area contributed by atoms with Crippen LogP contribution in [0.4, 0.5) is 5.69 Å². The summed E-state index contributed by atoms with van der Waals surface area (Å²) < 4.78 is 6.62. The number of nitrogens with zero attached hydrogens (tertiary/aromatic N) is 2. The number of furan rings is 1. The molecule has 0 aliphatic carbocycles. The van der Waals surface area contributed by atoms with Crippen molar-refractivity contribution in [2.45, 2.75) is 10.2 Å². The number of H-pyrrole nitrogens is 1. The number of nitrogens with one attached hydrogen (secondary N) is 2. The van der Waals surface area contributed by atoms with Crippen LogP contribution in [0.1, 0.15) is 5.76 Å². The van der Waals surface area contributed by atoms with Crippen LogP contribution >= 0.6 is 27.7 Å². The highest BCUT2D eigenvalue weighted by molar-refractivity contribution is 9.10. The van der Waals surface area contributed by atoms with Crippen molar-refractivity contribution >= 4 is 56.4 Å². The topological polar surface area (TPSA) is 94.7 Å². The summed E-state index contributed by atoms with van der Waals surface area (Å²) in [7, 11) is 0. The molecule has 0 atom stereocenters. The van der Waals surface area contributed by atoms with Gasteiger partial charge in [-0.2, -0.15) is 5.26 Å². The fraction of sp³-hybridized carbons (Fsp3) is 0. The molecule has 0 radical (unpaired) electrons. The Kier molecular flexibility index (Phi) is 5.51. The number of imidazole rings is 1. The molecule has 0 bridgehead atoms. The van der Waals surface area contributed by atoms with E-state index in [4.69, 9.17) is 4.42 Å². The Labute approximate surface area is 178 Å². The minimum absolute atomic E-state index is 0.0532. The molecule has 29 heavy (non-hydrogen) atoms. The number of nitriles is 1. The Hall–Kier alpha value is -3.28. The monoisotopic (exact) mass is 464 g/mol. The number of amides is 1. The summed E-state index contributed by atoms with van der Waals surface area (Å²) in [5.41, 5.74) is 2.36. The van der Waals surface area contributed by atoms with Gasteiger partial charge in [0.15, 0.2) is 10.2 Å². The SMILES string of the molecule is N#C/C(=C/c1ccc(Sc2nc3ccccc3[nH]2)o1)C(=O)Nc1ccc(Br)cc1. The summed E-state index contributed by atoms with van der Waals surface area (Å²) in [4.78, 5) is 20.1. The average Bonchev–Trinajstić information content (AvgIpc) is 3.34. The summed E-state index contributed by atoms with van der Waals surface area (Å²) in [6.45, 7) is 0. The Morgan fingerprint density at radius 3 is 2.72 bits per heavy atom. The molecule has 0 unspecified atom stereocenters. The van der Waals surface area contributed by atoms with Crippen molar-refractivity contribution in [3.63, 3.8) is 0 Å². The highest BCUT2D eigenvalue weighted by atomic mass is 79.9. The van der Waals surface area contributed by atoms with Crippen LogP contribution in [0.3, 0.4) is 0 Å². The van der Waals surface area contributed by atoms with Crippen molar-refractivity contribution in [2.24, 2.45) is 0 Å². The number of carbonyl (C=O) groups excluding carboxylic acids is 1. The lowest BCUT2D eigenvalue weighted by molar-refractivity contribution is -0.112. The zero-order chi connectivity index (χ0) is 20.2. The molecular formula is C21H13BrN4O2S. The molecule has 0 fully saturated rings. The van der Waals surface area contributed by atoms with E-state index in [0.29, 0.717) is 21.7 Å². The van der Waals surface area contributed by atoms with Crippen LogP contribution < -0.4 is 5.32 Å². The maximum absolute atomic E-state index is 12.4. The molecule has 0 aliphatic heterocycles. The van der Waals surface area contributed by atoms with Crippen molar-refractivity contribution in [1.29, 1.82) is 5.26 Å². The number of carbonyl (C=O) groups is 1. The Balaban J connectivity index is 1.48. The van der Waals surface area contributed by atoms with E-state index in [1.807, 2.05) is 30.3 Å². The Morgan fingerprint density at radius 1 is 1.17 bits per heavy atom. The fourth-order valence-electron chi connectivity index (χ4n) is 2.56. The summed E-state index contributed by atoms with van der Waals surface area (Å²) in [5.74, 6) is -0.0937. The number of hydrogen-bond acceptors (Lipinski definition) is 5. The smallest absolute Gasteiger partial charge is 0.266 e. The van der Waals surface area contributed by atoms with Crippen molar-refractivity contribution < 1.29 is 9.21 Å². The van der Waals surface area contributed by atoms with Gasteiger partial charge in [-0.15, -0.1) is 0 Å². The van der Waals surface area contributed by atoms with Crippen molar-refractivity contribution in [3.05, 3.63) is 76.5 Å². The van der Waals surface area contributed by atoms with Gasteiger partial charge in [0, 0.05) is 16.2 Å². The molecule has 0 saturated carbocycles. The van der Waals surface area contributed by atoms with E-state index < -0.39 is 5.91 Å². The van der Waals surface area contributed by atoms with E-state index in [2.05, 4.69) is 31.2 Å². The quantitative estimate of drug-likeness (QED) is 0.295. The summed E-state index contributed by atoms with van der Waals surface area (Å²) >= 11 is 4.67. The maximum atomic E-state index is 12.4. The summed E-state index contributed by atoms with van der Waals surface area (Å²) in [5, 5.41) is 13.3. The van der Waals surface area contributed by atoms with Crippen molar-refractivity contribution in [1.82, 2.24) is 9.97 Å². The predicted octanol–water partition coefficient (Wildman–Crippen LogP) is 5.62. The van der Waals surface area contributed by atoms with Gasteiger partial charge >= 0.3 is 0 Å². The minimum atomic E-state index is -0.502. The van der Waals surface area contributed by atoms with Gasteiger partial charge in [0.25, 0.3) is 5.91 Å². The molecule has 4 rings (SSSR count). The lowest BCUT2D eigenvalue weighted by Gasteiger charge is -2.03. The lowest BCUT2D eigenvalue weighted by Crippen LogP contribution is -2.13. The number of fused-ring (bicyclic) bond motifs is 1. The van der Waals surface area contributed by atoms with Crippen LogP contribution in [0.25, 0.3) is 17.1 Å². The molecule has 1 amide bonds. The molecular weight excluding hydrogens is 452 g/mol. The average molecular weight is 465 g/mol. The first kappa shape index (κ1) is 19.1. The highest BCUT2D eigenvalue weighted by Crippen LogP contribution is 2.29. The van der Waals surface area contributed by atoms with E-state index >= 15 is 0 Å². The first-order valence-electron chi connectivity index (χ1n) is 8.52. The number of aromatic amines is 1. The number of hydrogen-bond donors (Lipinski definition) is 2. The van der Waals surface area contributed by atoms with Crippen LogP contribution in [0.2, 0.25) is 0 Å². The van der Waals surface area contributed by atoms with E-state index in [1.165, 1.54) is 17.8 Å². The molecule has 0 spiro atoms. The second-order valence-corrected chi connectivity index (χ2v) is 7.86. The van der Waals surface area contributed by atoms with E-state index in [1.54, 1.807) is 36.4 Å². The van der Waals surface area contributed by atoms with E-state index in [-0.39, 0.29) is 5.57 Å². The Morgan fingerprint density at radius 2 is 1.97 bits per heavy atom. The van der Waals surface area contributed by atoms with Gasteiger partial charge in [-0.25, -0.2) is 4.98 Å². The molecule has 2 N–H and O–H groups in total. The van der Waals surface area contributed by atoms with Gasteiger partial charge in [0.2, 0.25) is 0 Å². The summed E-state index contributed by atoms with van der Waals surface area (Å²) in [6, 6.07) is 20.2.